The van der Waals surface area contributed by atoms with Crippen molar-refractivity contribution >= 4 is 33.1 Å². The van der Waals surface area contributed by atoms with Gasteiger partial charge in [-0.3, -0.25) is 0 Å². The van der Waals surface area contributed by atoms with E-state index in [0.717, 1.165) is 30.7 Å². The first-order valence-electron chi connectivity index (χ1n) is 14.4. The first-order valence-corrected chi connectivity index (χ1v) is 16.2. The molecule has 1 fully saturated rings. The third-order valence-electron chi connectivity index (χ3n) is 8.16. The van der Waals surface area contributed by atoms with Crippen LogP contribution in [0.5, 0.6) is 11.5 Å². The number of sulfonamides is 1. The number of hydrogen-bond acceptors (Lipinski definition) is 7. The molecular weight excluding hydrogens is 641 g/mol. The van der Waals surface area contributed by atoms with Crippen LogP contribution in [0.2, 0.25) is 5.02 Å². The van der Waals surface area contributed by atoms with E-state index >= 15 is 8.78 Å². The molecule has 0 bridgehead atoms. The molecule has 1 saturated heterocycles. The predicted octanol–water partition coefficient (Wildman–Crippen LogP) is 6.27. The number of halogens is 4. The minimum atomic E-state index is -5.05. The zero-order valence-electron chi connectivity index (χ0n) is 25.8. The zero-order chi connectivity index (χ0) is 33.2. The zero-order valence-corrected chi connectivity index (χ0v) is 27.4. The molecule has 5 rings (SSSR count). The van der Waals surface area contributed by atoms with Crippen LogP contribution in [0.1, 0.15) is 17.5 Å². The van der Waals surface area contributed by atoms with Crippen molar-refractivity contribution in [1.29, 1.82) is 0 Å². The van der Waals surface area contributed by atoms with Crippen LogP contribution >= 0.6 is 11.6 Å². The molecule has 0 saturated carbocycles. The summed E-state index contributed by atoms with van der Waals surface area (Å²) >= 11 is 6.48. The molecule has 4 aromatic rings. The molecule has 244 valence electrons. The van der Waals surface area contributed by atoms with Gasteiger partial charge in [0.1, 0.15) is 28.2 Å². The van der Waals surface area contributed by atoms with Crippen molar-refractivity contribution in [3.8, 4) is 11.5 Å². The largest absolute Gasteiger partial charge is 0.497 e. The lowest BCUT2D eigenvalue weighted by atomic mass is 9.71. The number of hydrogen-bond donors (Lipinski definition) is 0. The van der Waals surface area contributed by atoms with Gasteiger partial charge in [-0.2, -0.15) is 4.39 Å². The van der Waals surface area contributed by atoms with Crippen LogP contribution in [-0.2, 0) is 22.0 Å². The quantitative estimate of drug-likeness (QED) is 0.130. The van der Waals surface area contributed by atoms with E-state index in [2.05, 4.69) is 9.88 Å². The molecule has 1 aliphatic heterocycles. The molecule has 0 N–H and O–H groups in total. The van der Waals surface area contributed by atoms with Crippen LogP contribution in [0.3, 0.4) is 0 Å². The molecule has 0 radical (unpaired) electrons. The molecule has 1 aromatic heterocycles. The lowest BCUT2D eigenvalue weighted by Gasteiger charge is -2.52. The highest BCUT2D eigenvalue weighted by Gasteiger charge is 2.46. The highest BCUT2D eigenvalue weighted by atomic mass is 35.5. The maximum atomic E-state index is 16.1. The first-order chi connectivity index (χ1) is 21.9. The van der Waals surface area contributed by atoms with Crippen molar-refractivity contribution in [2.45, 2.75) is 23.3 Å². The van der Waals surface area contributed by atoms with E-state index in [4.69, 9.17) is 21.1 Å². The first kappa shape index (κ1) is 33.4. The average Bonchev–Trinajstić information content (AvgIpc) is 3.01. The van der Waals surface area contributed by atoms with Crippen molar-refractivity contribution in [2.75, 3.05) is 57.2 Å². The fourth-order valence-corrected chi connectivity index (χ4v) is 7.51. The van der Waals surface area contributed by atoms with E-state index < -0.39 is 49.9 Å². The third-order valence-corrected chi connectivity index (χ3v) is 10.3. The van der Waals surface area contributed by atoms with E-state index in [-0.39, 0.29) is 16.9 Å². The molecule has 3 aromatic carbocycles. The topological polar surface area (TPSA) is 75.2 Å². The van der Waals surface area contributed by atoms with Crippen molar-refractivity contribution in [3.05, 3.63) is 107 Å². The minimum Gasteiger partial charge on any atom is -0.497 e. The van der Waals surface area contributed by atoms with Gasteiger partial charge in [-0.05, 0) is 56.9 Å². The molecule has 1 aliphatic rings. The van der Waals surface area contributed by atoms with Crippen molar-refractivity contribution < 1.29 is 31.1 Å². The summed E-state index contributed by atoms with van der Waals surface area (Å²) in [6.45, 7) is 1.14. The van der Waals surface area contributed by atoms with Gasteiger partial charge < -0.3 is 19.3 Å². The monoisotopic (exact) mass is 674 g/mol. The number of rotatable bonds is 12. The Kier molecular flexibility index (Phi) is 9.71. The molecule has 0 spiro atoms. The predicted molar refractivity (Wildman–Crippen MR) is 172 cm³/mol. The Morgan fingerprint density at radius 2 is 1.67 bits per heavy atom. The van der Waals surface area contributed by atoms with Gasteiger partial charge in [0.25, 0.3) is 10.0 Å². The summed E-state index contributed by atoms with van der Waals surface area (Å²) in [7, 11) is 1.73. The fourth-order valence-electron chi connectivity index (χ4n) is 5.67. The Morgan fingerprint density at radius 3 is 2.30 bits per heavy atom. The summed E-state index contributed by atoms with van der Waals surface area (Å²) in [6.07, 6.45) is 0.792. The van der Waals surface area contributed by atoms with Crippen molar-refractivity contribution in [1.82, 2.24) is 9.88 Å². The van der Waals surface area contributed by atoms with Crippen LogP contribution < -0.4 is 18.7 Å². The standard InChI is InChI=1S/C33H34ClF3N4O4S/c1-39(2)16-15-33(23-9-6-5-7-10-23)20-40(21-33)26-18-25(35)32(31(37)30(26)34)46(42,43)41(29-12-8-11-28(36)38-29)19-22-13-14-24(44-3)17-27(22)45-4/h5-14,17-18H,15-16,19-21H2,1-4H3. The van der Waals surface area contributed by atoms with E-state index in [1.54, 1.807) is 11.0 Å². The van der Waals surface area contributed by atoms with Crippen LogP contribution in [0.25, 0.3) is 0 Å². The number of benzene rings is 3. The Morgan fingerprint density at radius 1 is 0.957 bits per heavy atom. The maximum absolute atomic E-state index is 16.1. The summed E-state index contributed by atoms with van der Waals surface area (Å²) in [5.41, 5.74) is 1.15. The van der Waals surface area contributed by atoms with E-state index in [1.165, 1.54) is 38.5 Å². The number of ether oxygens (including phenoxy) is 2. The highest BCUT2D eigenvalue weighted by molar-refractivity contribution is 7.92. The van der Waals surface area contributed by atoms with Crippen LogP contribution in [0, 0.1) is 17.6 Å². The fraction of sp³-hybridized carbons (Fsp3) is 0.303. The summed E-state index contributed by atoms with van der Waals surface area (Å²) in [5, 5.41) is -0.538. The lowest BCUT2D eigenvalue weighted by molar-refractivity contribution is 0.262. The molecule has 0 unspecified atom stereocenters. The summed E-state index contributed by atoms with van der Waals surface area (Å²) < 4.78 is 85.7. The van der Waals surface area contributed by atoms with Crippen LogP contribution in [0.15, 0.2) is 77.7 Å². The van der Waals surface area contributed by atoms with Gasteiger partial charge in [-0.15, -0.1) is 0 Å². The number of aromatic nitrogens is 1. The average molecular weight is 675 g/mol. The molecule has 0 aliphatic carbocycles. The number of methoxy groups -OCH3 is 2. The number of pyridine rings is 1. The third kappa shape index (κ3) is 6.47. The van der Waals surface area contributed by atoms with Crippen LogP contribution in [0.4, 0.5) is 24.7 Å². The summed E-state index contributed by atoms with van der Waals surface area (Å²) in [4.78, 5) is 6.23. The molecule has 46 heavy (non-hydrogen) atoms. The number of nitrogens with zero attached hydrogens (tertiary/aromatic N) is 4. The molecule has 8 nitrogen and oxygen atoms in total. The van der Waals surface area contributed by atoms with Crippen molar-refractivity contribution in [3.63, 3.8) is 0 Å². The highest BCUT2D eigenvalue weighted by Crippen LogP contribution is 2.45. The summed E-state index contributed by atoms with van der Waals surface area (Å²) in [6, 6.07) is 18.9. The smallest absolute Gasteiger partial charge is 0.271 e. The van der Waals surface area contributed by atoms with Crippen LogP contribution in [-0.4, -0.2) is 66.3 Å². The number of anilines is 2. The van der Waals surface area contributed by atoms with Gasteiger partial charge in [0.05, 0.1) is 26.5 Å². The maximum Gasteiger partial charge on any atom is 0.271 e. The Balaban J connectivity index is 1.53. The van der Waals surface area contributed by atoms with E-state index in [0.29, 0.717) is 28.7 Å². The lowest BCUT2D eigenvalue weighted by Crippen LogP contribution is -2.60. The molecule has 13 heteroatoms. The van der Waals surface area contributed by atoms with E-state index in [9.17, 15) is 12.8 Å². The Labute approximate surface area is 272 Å². The van der Waals surface area contributed by atoms with Gasteiger partial charge in [-0.25, -0.2) is 26.5 Å². The van der Waals surface area contributed by atoms with Gasteiger partial charge in [-0.1, -0.05) is 48.0 Å². The van der Waals surface area contributed by atoms with Gasteiger partial charge in [0.2, 0.25) is 5.95 Å². The van der Waals surface area contributed by atoms with Crippen molar-refractivity contribution in [2.24, 2.45) is 0 Å². The normalized spacial score (nSPS) is 14.2. The minimum absolute atomic E-state index is 0.0410. The second-order valence-corrected chi connectivity index (χ2v) is 13.6. The SMILES string of the molecule is COc1ccc(CN(c2cccc(F)n2)S(=O)(=O)c2c(F)cc(N3CC(CCN(C)C)(c4ccccc4)C3)c(Cl)c2F)c(OC)c1. The van der Waals surface area contributed by atoms with E-state index in [1.807, 2.05) is 44.4 Å². The summed E-state index contributed by atoms with van der Waals surface area (Å²) in [5.74, 6) is -3.51. The molecular formula is C33H34ClF3N4O4S. The second-order valence-electron chi connectivity index (χ2n) is 11.4. The van der Waals surface area contributed by atoms with Gasteiger partial charge in [0, 0.05) is 36.2 Å². The molecule has 2 heterocycles. The molecule has 0 amide bonds. The Bertz CT molecular complexity index is 1820. The molecule has 0 atom stereocenters. The van der Waals surface area contributed by atoms with Gasteiger partial charge >= 0.3 is 0 Å². The Hall–Kier alpha value is -4.00. The van der Waals surface area contributed by atoms with Gasteiger partial charge in [0.15, 0.2) is 10.7 Å². The second kappa shape index (κ2) is 13.4.